The highest BCUT2D eigenvalue weighted by molar-refractivity contribution is 8.00. The average molecular weight is 389 g/mol. The number of halogens is 1. The van der Waals surface area contributed by atoms with E-state index in [1.807, 2.05) is 19.1 Å². The SMILES string of the molecule is CCn1c(SC(C)C(=O)Nc2ccc(Cl)cn2)nc2ccccc2c1=O. The fraction of sp³-hybridized carbons (Fsp3) is 0.222. The number of rotatable bonds is 5. The van der Waals surface area contributed by atoms with Crippen molar-refractivity contribution in [1.29, 1.82) is 0 Å². The van der Waals surface area contributed by atoms with Gasteiger partial charge in [0.1, 0.15) is 5.82 Å². The number of pyridine rings is 1. The third-order valence-electron chi connectivity index (χ3n) is 3.77. The van der Waals surface area contributed by atoms with Crippen LogP contribution in [0.1, 0.15) is 13.8 Å². The molecule has 0 saturated carbocycles. The number of nitrogens with zero attached hydrogens (tertiary/aromatic N) is 3. The number of hydrogen-bond donors (Lipinski definition) is 1. The van der Waals surface area contributed by atoms with Gasteiger partial charge in [0.25, 0.3) is 5.56 Å². The quantitative estimate of drug-likeness (QED) is 0.534. The van der Waals surface area contributed by atoms with Gasteiger partial charge in [-0.1, -0.05) is 35.5 Å². The van der Waals surface area contributed by atoms with Crippen LogP contribution in [0.4, 0.5) is 5.82 Å². The molecule has 6 nitrogen and oxygen atoms in total. The Morgan fingerprint density at radius 3 is 2.77 bits per heavy atom. The molecule has 8 heteroatoms. The maximum Gasteiger partial charge on any atom is 0.262 e. The number of anilines is 1. The smallest absolute Gasteiger partial charge is 0.262 e. The van der Waals surface area contributed by atoms with Crippen molar-refractivity contribution >= 4 is 46.0 Å². The molecule has 0 saturated heterocycles. The number of nitrogens with one attached hydrogen (secondary N) is 1. The number of aromatic nitrogens is 3. The maximum atomic E-state index is 12.6. The van der Waals surface area contributed by atoms with E-state index < -0.39 is 5.25 Å². The summed E-state index contributed by atoms with van der Waals surface area (Å²) < 4.78 is 1.58. The molecule has 0 aliphatic carbocycles. The molecule has 26 heavy (non-hydrogen) atoms. The van der Waals surface area contributed by atoms with Gasteiger partial charge in [0, 0.05) is 12.7 Å². The first-order valence-electron chi connectivity index (χ1n) is 8.08. The van der Waals surface area contributed by atoms with Gasteiger partial charge in [-0.3, -0.25) is 14.2 Å². The van der Waals surface area contributed by atoms with Crippen molar-refractivity contribution in [2.24, 2.45) is 0 Å². The van der Waals surface area contributed by atoms with Gasteiger partial charge >= 0.3 is 0 Å². The van der Waals surface area contributed by atoms with E-state index in [0.717, 1.165) is 0 Å². The van der Waals surface area contributed by atoms with Crippen molar-refractivity contribution < 1.29 is 4.79 Å². The highest BCUT2D eigenvalue weighted by atomic mass is 35.5. The van der Waals surface area contributed by atoms with E-state index in [1.54, 1.807) is 35.8 Å². The monoisotopic (exact) mass is 388 g/mol. The second-order valence-electron chi connectivity index (χ2n) is 5.57. The van der Waals surface area contributed by atoms with E-state index in [4.69, 9.17) is 11.6 Å². The largest absolute Gasteiger partial charge is 0.310 e. The van der Waals surface area contributed by atoms with Crippen molar-refractivity contribution in [2.75, 3.05) is 5.32 Å². The van der Waals surface area contributed by atoms with E-state index in [1.165, 1.54) is 18.0 Å². The molecule has 3 aromatic rings. The molecule has 0 fully saturated rings. The highest BCUT2D eigenvalue weighted by Crippen LogP contribution is 2.23. The molecule has 3 rings (SSSR count). The summed E-state index contributed by atoms with van der Waals surface area (Å²) in [5.41, 5.74) is 0.518. The Morgan fingerprint density at radius 1 is 1.31 bits per heavy atom. The van der Waals surface area contributed by atoms with E-state index in [-0.39, 0.29) is 11.5 Å². The lowest BCUT2D eigenvalue weighted by Gasteiger charge is -2.15. The molecule has 1 N–H and O–H groups in total. The van der Waals surface area contributed by atoms with E-state index in [0.29, 0.717) is 33.4 Å². The summed E-state index contributed by atoms with van der Waals surface area (Å²) in [5, 5.41) is 3.86. The molecule has 1 amide bonds. The predicted octanol–water partition coefficient (Wildman–Crippen LogP) is 3.58. The van der Waals surface area contributed by atoms with E-state index in [9.17, 15) is 9.59 Å². The van der Waals surface area contributed by atoms with Gasteiger partial charge in [-0.25, -0.2) is 9.97 Å². The van der Waals surface area contributed by atoms with Crippen molar-refractivity contribution in [3.63, 3.8) is 0 Å². The van der Waals surface area contributed by atoms with Crippen LogP contribution in [0, 0.1) is 0 Å². The van der Waals surface area contributed by atoms with Crippen LogP contribution < -0.4 is 10.9 Å². The summed E-state index contributed by atoms with van der Waals surface area (Å²) in [5.74, 6) is 0.195. The van der Waals surface area contributed by atoms with Gasteiger partial charge in [0.05, 0.1) is 21.2 Å². The summed E-state index contributed by atoms with van der Waals surface area (Å²) in [6.45, 7) is 4.12. The number of thioether (sulfide) groups is 1. The minimum atomic E-state index is -0.460. The van der Waals surface area contributed by atoms with Crippen molar-refractivity contribution in [3.05, 3.63) is 58.0 Å². The fourth-order valence-corrected chi connectivity index (χ4v) is 3.49. The Hall–Kier alpha value is -2.38. The first-order valence-corrected chi connectivity index (χ1v) is 9.34. The maximum absolute atomic E-state index is 12.6. The Balaban J connectivity index is 1.84. The number of fused-ring (bicyclic) bond motifs is 1. The Kier molecular flexibility index (Phi) is 5.58. The molecule has 0 aliphatic heterocycles. The third-order valence-corrected chi connectivity index (χ3v) is 5.09. The standard InChI is InChI=1S/C18H17ClN4O2S/c1-3-23-17(25)13-6-4-5-7-14(13)21-18(23)26-11(2)16(24)22-15-9-8-12(19)10-20-15/h4-11H,3H2,1-2H3,(H,20,22,24). The van der Waals surface area contributed by atoms with Crippen LogP contribution in [0.3, 0.4) is 0 Å². The number of amides is 1. The van der Waals surface area contributed by atoms with Gasteiger partial charge in [-0.2, -0.15) is 0 Å². The molecular weight excluding hydrogens is 372 g/mol. The molecule has 1 aromatic carbocycles. The second-order valence-corrected chi connectivity index (χ2v) is 7.32. The molecule has 1 unspecified atom stereocenters. The van der Waals surface area contributed by atoms with Crippen molar-refractivity contribution in [3.8, 4) is 0 Å². The number of benzene rings is 1. The number of carbonyl (C=O) groups excluding carboxylic acids is 1. The Morgan fingerprint density at radius 2 is 2.08 bits per heavy atom. The molecule has 0 bridgehead atoms. The molecule has 134 valence electrons. The van der Waals surface area contributed by atoms with Gasteiger partial charge in [-0.15, -0.1) is 0 Å². The minimum Gasteiger partial charge on any atom is -0.310 e. The summed E-state index contributed by atoms with van der Waals surface area (Å²) in [6, 6.07) is 10.5. The van der Waals surface area contributed by atoms with Crippen LogP contribution in [0.25, 0.3) is 10.9 Å². The van der Waals surface area contributed by atoms with Gasteiger partial charge in [0.15, 0.2) is 5.16 Å². The first kappa shape index (κ1) is 18.4. The van der Waals surface area contributed by atoms with Crippen LogP contribution in [-0.2, 0) is 11.3 Å². The zero-order valence-electron chi connectivity index (χ0n) is 14.3. The normalized spacial score (nSPS) is 12.1. The van der Waals surface area contributed by atoms with Gasteiger partial charge < -0.3 is 5.32 Å². The molecule has 1 atom stereocenters. The van der Waals surface area contributed by atoms with Crippen LogP contribution in [0.5, 0.6) is 0 Å². The number of carbonyl (C=O) groups is 1. The van der Waals surface area contributed by atoms with Crippen LogP contribution in [0.15, 0.2) is 52.5 Å². The van der Waals surface area contributed by atoms with Crippen molar-refractivity contribution in [1.82, 2.24) is 14.5 Å². The summed E-state index contributed by atoms with van der Waals surface area (Å²) in [4.78, 5) is 33.7. The zero-order valence-corrected chi connectivity index (χ0v) is 15.8. The molecule has 2 heterocycles. The molecular formula is C18H17ClN4O2S. The summed E-state index contributed by atoms with van der Waals surface area (Å²) in [7, 11) is 0. The molecule has 0 aliphatic rings. The number of para-hydroxylation sites is 1. The van der Waals surface area contributed by atoms with Crippen LogP contribution in [0.2, 0.25) is 5.02 Å². The minimum absolute atomic E-state index is 0.104. The summed E-state index contributed by atoms with van der Waals surface area (Å²) in [6.07, 6.45) is 1.47. The Labute approximate surface area is 159 Å². The van der Waals surface area contributed by atoms with E-state index in [2.05, 4.69) is 15.3 Å². The lowest BCUT2D eigenvalue weighted by Crippen LogP contribution is -2.26. The Bertz CT molecular complexity index is 1000. The van der Waals surface area contributed by atoms with Crippen molar-refractivity contribution in [2.45, 2.75) is 30.8 Å². The van der Waals surface area contributed by atoms with Gasteiger partial charge in [0.2, 0.25) is 5.91 Å². The summed E-state index contributed by atoms with van der Waals surface area (Å²) >= 11 is 7.03. The van der Waals surface area contributed by atoms with Crippen LogP contribution in [-0.4, -0.2) is 25.7 Å². The third kappa shape index (κ3) is 3.89. The fourth-order valence-electron chi connectivity index (χ4n) is 2.41. The highest BCUT2D eigenvalue weighted by Gasteiger charge is 2.19. The zero-order chi connectivity index (χ0) is 18.7. The van der Waals surface area contributed by atoms with Gasteiger partial charge in [-0.05, 0) is 38.1 Å². The number of hydrogen-bond acceptors (Lipinski definition) is 5. The van der Waals surface area contributed by atoms with Crippen LogP contribution >= 0.6 is 23.4 Å². The lowest BCUT2D eigenvalue weighted by atomic mass is 10.2. The van der Waals surface area contributed by atoms with E-state index >= 15 is 0 Å². The molecule has 0 spiro atoms. The predicted molar refractivity (Wildman–Crippen MR) is 105 cm³/mol. The topological polar surface area (TPSA) is 76.9 Å². The molecule has 2 aromatic heterocycles. The molecule has 0 radical (unpaired) electrons. The lowest BCUT2D eigenvalue weighted by molar-refractivity contribution is -0.115. The second kappa shape index (κ2) is 7.88. The average Bonchev–Trinajstić information content (AvgIpc) is 2.64. The first-order chi connectivity index (χ1) is 12.5.